The lowest BCUT2D eigenvalue weighted by molar-refractivity contribution is 0.0929. The molecular weight excluding hydrogens is 452 g/mol. The van der Waals surface area contributed by atoms with Crippen molar-refractivity contribution in [1.29, 1.82) is 0 Å². The number of phenolic OH excluding ortho intramolecular Hbond substituents is 1. The lowest BCUT2D eigenvalue weighted by Gasteiger charge is -2.04. The molecule has 1 aromatic heterocycles. The zero-order chi connectivity index (χ0) is 18.1. The van der Waals surface area contributed by atoms with E-state index in [0.29, 0.717) is 5.58 Å². The fraction of sp³-hybridized carbons (Fsp3) is 0.111. The number of benzene rings is 2. The van der Waals surface area contributed by atoms with Gasteiger partial charge < -0.3 is 9.52 Å². The summed E-state index contributed by atoms with van der Waals surface area (Å²) in [6, 6.07) is 8.94. The van der Waals surface area contributed by atoms with Gasteiger partial charge in [0.2, 0.25) is 0 Å². The number of halogens is 2. The van der Waals surface area contributed by atoms with Crippen LogP contribution in [0.2, 0.25) is 0 Å². The van der Waals surface area contributed by atoms with Crippen LogP contribution in [0.5, 0.6) is 5.75 Å². The van der Waals surface area contributed by atoms with E-state index >= 15 is 0 Å². The Morgan fingerprint density at radius 2 is 1.84 bits per heavy atom. The number of aromatic hydroxyl groups is 1. The standard InChI is InChI=1S/C18H14Br2N2O3/c1-9-3-11(4-10(2)16(9)23)8-21-22-18(24)15-6-12-5-13(19)7-14(20)17(12)25-15/h3-8,23H,1-2H3,(H,22,24)/b21-8+. The zero-order valence-electron chi connectivity index (χ0n) is 13.4. The first-order valence-electron chi connectivity index (χ1n) is 7.37. The van der Waals surface area contributed by atoms with Crippen molar-refractivity contribution in [3.63, 3.8) is 0 Å². The van der Waals surface area contributed by atoms with Crippen LogP contribution < -0.4 is 5.43 Å². The van der Waals surface area contributed by atoms with Gasteiger partial charge in [-0.3, -0.25) is 4.79 Å². The quantitative estimate of drug-likeness (QED) is 0.420. The molecule has 0 saturated heterocycles. The molecule has 0 spiro atoms. The summed E-state index contributed by atoms with van der Waals surface area (Å²) in [4.78, 5) is 12.2. The normalized spacial score (nSPS) is 11.4. The molecule has 0 saturated carbocycles. The Morgan fingerprint density at radius 1 is 1.16 bits per heavy atom. The molecule has 1 heterocycles. The number of phenols is 1. The molecule has 3 aromatic rings. The summed E-state index contributed by atoms with van der Waals surface area (Å²) < 4.78 is 7.23. The molecule has 1 amide bonds. The molecule has 5 nitrogen and oxygen atoms in total. The second kappa shape index (κ2) is 7.01. The van der Waals surface area contributed by atoms with Gasteiger partial charge in [0, 0.05) is 9.86 Å². The first-order chi connectivity index (χ1) is 11.8. The van der Waals surface area contributed by atoms with Crippen LogP contribution in [-0.2, 0) is 0 Å². The largest absolute Gasteiger partial charge is 0.507 e. The number of hydrogen-bond donors (Lipinski definition) is 2. The van der Waals surface area contributed by atoms with E-state index in [1.165, 1.54) is 6.21 Å². The van der Waals surface area contributed by atoms with Crippen LogP contribution in [0.25, 0.3) is 11.0 Å². The predicted octanol–water partition coefficient (Wildman–Crippen LogP) is 5.04. The molecule has 0 aliphatic carbocycles. The summed E-state index contributed by atoms with van der Waals surface area (Å²) in [5.74, 6) is -0.00749. The number of nitrogens with zero attached hydrogens (tertiary/aromatic N) is 1. The molecule has 128 valence electrons. The molecule has 7 heteroatoms. The molecule has 0 unspecified atom stereocenters. The molecule has 2 aromatic carbocycles. The summed E-state index contributed by atoms with van der Waals surface area (Å²) >= 11 is 6.81. The zero-order valence-corrected chi connectivity index (χ0v) is 16.6. The second-order valence-corrected chi connectivity index (χ2v) is 7.39. The highest BCUT2D eigenvalue weighted by molar-refractivity contribution is 9.11. The van der Waals surface area contributed by atoms with Crippen LogP contribution in [0.3, 0.4) is 0 Å². The maximum absolute atomic E-state index is 12.2. The number of hydrogen-bond acceptors (Lipinski definition) is 4. The number of amides is 1. The van der Waals surface area contributed by atoms with E-state index in [4.69, 9.17) is 4.42 Å². The molecule has 0 radical (unpaired) electrons. The Bertz CT molecular complexity index is 986. The van der Waals surface area contributed by atoms with Crippen molar-refractivity contribution in [2.24, 2.45) is 5.10 Å². The Balaban J connectivity index is 1.78. The van der Waals surface area contributed by atoms with Crippen molar-refractivity contribution in [1.82, 2.24) is 5.43 Å². The monoisotopic (exact) mass is 464 g/mol. The summed E-state index contributed by atoms with van der Waals surface area (Å²) in [5.41, 5.74) is 5.33. The third-order valence-electron chi connectivity index (χ3n) is 3.65. The van der Waals surface area contributed by atoms with Crippen molar-refractivity contribution < 1.29 is 14.3 Å². The minimum Gasteiger partial charge on any atom is -0.507 e. The fourth-order valence-corrected chi connectivity index (χ4v) is 3.81. The van der Waals surface area contributed by atoms with Crippen molar-refractivity contribution >= 4 is 55.0 Å². The van der Waals surface area contributed by atoms with Crippen molar-refractivity contribution in [3.05, 3.63) is 61.7 Å². The highest BCUT2D eigenvalue weighted by Crippen LogP contribution is 2.31. The summed E-state index contributed by atoms with van der Waals surface area (Å²) in [6.45, 7) is 3.62. The highest BCUT2D eigenvalue weighted by Gasteiger charge is 2.14. The number of fused-ring (bicyclic) bond motifs is 1. The number of hydrazone groups is 1. The number of aryl methyl sites for hydroxylation is 2. The van der Waals surface area contributed by atoms with Crippen LogP contribution >= 0.6 is 31.9 Å². The number of carbonyl (C=O) groups excluding carboxylic acids is 1. The van der Waals surface area contributed by atoms with E-state index in [-0.39, 0.29) is 11.5 Å². The van der Waals surface area contributed by atoms with Gasteiger partial charge >= 0.3 is 5.91 Å². The Hall–Kier alpha value is -2.12. The van der Waals surface area contributed by atoms with E-state index in [1.54, 1.807) is 18.2 Å². The van der Waals surface area contributed by atoms with Gasteiger partial charge in [-0.1, -0.05) is 15.9 Å². The third-order valence-corrected chi connectivity index (χ3v) is 4.70. The van der Waals surface area contributed by atoms with Crippen LogP contribution in [0.1, 0.15) is 27.2 Å². The summed E-state index contributed by atoms with van der Waals surface area (Å²) in [7, 11) is 0. The van der Waals surface area contributed by atoms with E-state index in [2.05, 4.69) is 42.4 Å². The van der Waals surface area contributed by atoms with Gasteiger partial charge in [0.15, 0.2) is 5.76 Å². The van der Waals surface area contributed by atoms with E-state index in [9.17, 15) is 9.90 Å². The average molecular weight is 466 g/mol. The van der Waals surface area contributed by atoms with Crippen molar-refractivity contribution in [2.75, 3.05) is 0 Å². The van der Waals surface area contributed by atoms with Gasteiger partial charge in [-0.2, -0.15) is 5.10 Å². The number of nitrogens with one attached hydrogen (secondary N) is 1. The third kappa shape index (κ3) is 3.77. The Labute approximate surface area is 161 Å². The minimum atomic E-state index is -0.442. The van der Waals surface area contributed by atoms with Gasteiger partial charge in [0.25, 0.3) is 0 Å². The van der Waals surface area contributed by atoms with Gasteiger partial charge in [-0.25, -0.2) is 5.43 Å². The van der Waals surface area contributed by atoms with E-state index in [1.807, 2.05) is 26.0 Å². The Kier molecular flexibility index (Phi) is 4.96. The average Bonchev–Trinajstić information content (AvgIpc) is 2.96. The maximum Gasteiger partial charge on any atom is 0.307 e. The first kappa shape index (κ1) is 17.7. The second-order valence-electron chi connectivity index (χ2n) is 5.62. The highest BCUT2D eigenvalue weighted by atomic mass is 79.9. The van der Waals surface area contributed by atoms with Gasteiger partial charge in [0.05, 0.1) is 10.7 Å². The molecule has 0 fully saturated rings. The van der Waals surface area contributed by atoms with E-state index < -0.39 is 5.91 Å². The number of rotatable bonds is 3. The summed E-state index contributed by atoms with van der Waals surface area (Å²) in [6.07, 6.45) is 1.52. The molecule has 3 rings (SSSR count). The SMILES string of the molecule is Cc1cc(/C=N/NC(=O)c2cc3cc(Br)cc(Br)c3o2)cc(C)c1O. The first-order valence-corrected chi connectivity index (χ1v) is 8.96. The van der Waals surface area contributed by atoms with Crippen LogP contribution in [0, 0.1) is 13.8 Å². The Morgan fingerprint density at radius 3 is 2.52 bits per heavy atom. The lowest BCUT2D eigenvalue weighted by Crippen LogP contribution is -2.16. The fourth-order valence-electron chi connectivity index (χ4n) is 2.47. The molecule has 2 N–H and O–H groups in total. The molecule has 0 bridgehead atoms. The van der Waals surface area contributed by atoms with Crippen molar-refractivity contribution in [2.45, 2.75) is 13.8 Å². The van der Waals surface area contributed by atoms with Gasteiger partial charge in [-0.15, -0.1) is 0 Å². The molecule has 0 atom stereocenters. The molecular formula is C18H14Br2N2O3. The topological polar surface area (TPSA) is 74.8 Å². The number of furan rings is 1. The predicted molar refractivity (Wildman–Crippen MR) is 104 cm³/mol. The van der Waals surface area contributed by atoms with Crippen molar-refractivity contribution in [3.8, 4) is 5.75 Å². The molecule has 0 aliphatic rings. The maximum atomic E-state index is 12.2. The van der Waals surface area contributed by atoms with Crippen LogP contribution in [0.15, 0.2) is 48.8 Å². The smallest absolute Gasteiger partial charge is 0.307 e. The van der Waals surface area contributed by atoms with Gasteiger partial charge in [-0.05, 0) is 76.8 Å². The minimum absolute atomic E-state index is 0.170. The van der Waals surface area contributed by atoms with Crippen LogP contribution in [-0.4, -0.2) is 17.2 Å². The van der Waals surface area contributed by atoms with Gasteiger partial charge in [0.1, 0.15) is 11.3 Å². The lowest BCUT2D eigenvalue weighted by atomic mass is 10.1. The van der Waals surface area contributed by atoms with E-state index in [0.717, 1.165) is 31.0 Å². The summed E-state index contributed by atoms with van der Waals surface area (Å²) in [5, 5.41) is 14.5. The molecule has 0 aliphatic heterocycles. The number of carbonyl (C=O) groups is 1. The van der Waals surface area contributed by atoms with Crippen LogP contribution in [0.4, 0.5) is 0 Å². The molecule has 25 heavy (non-hydrogen) atoms.